The van der Waals surface area contributed by atoms with Gasteiger partial charge in [-0.15, -0.1) is 0 Å². The molecule has 0 amide bonds. The molecule has 1 unspecified atom stereocenters. The number of furan rings is 1. The number of esters is 3. The lowest BCUT2D eigenvalue weighted by molar-refractivity contribution is -0.203. The molecule has 1 aromatic heterocycles. The number of halogens is 3. The van der Waals surface area contributed by atoms with E-state index >= 15 is 0 Å². The molecular weight excluding hydrogens is 407 g/mol. The molecule has 1 aliphatic rings. The summed E-state index contributed by atoms with van der Waals surface area (Å²) in [5.74, 6) is -4.25. The second kappa shape index (κ2) is 8.70. The Labute approximate surface area is 169 Å². The quantitative estimate of drug-likeness (QED) is 0.538. The first-order valence-electron chi connectivity index (χ1n) is 9.08. The van der Waals surface area contributed by atoms with Gasteiger partial charge < -0.3 is 13.9 Å². The van der Waals surface area contributed by atoms with Gasteiger partial charge in [-0.05, 0) is 36.6 Å². The molecule has 2 aromatic rings. The van der Waals surface area contributed by atoms with Crippen LogP contribution in [-0.4, -0.2) is 41.6 Å². The number of fused-ring (bicyclic) bond motifs is 1. The SMILES string of the molecule is CCOC(=O)c1ccc(CN2Cc3ccccc3CC2C(=O)OC(=O)C(F)(F)F)o1. The molecule has 1 aromatic carbocycles. The number of benzene rings is 1. The first-order valence-corrected chi connectivity index (χ1v) is 9.08. The topological polar surface area (TPSA) is 86.0 Å². The van der Waals surface area contributed by atoms with Gasteiger partial charge in [0, 0.05) is 6.54 Å². The Kier molecular flexibility index (Phi) is 6.25. The van der Waals surface area contributed by atoms with Crippen molar-refractivity contribution >= 4 is 17.9 Å². The molecule has 7 nitrogen and oxygen atoms in total. The molecule has 160 valence electrons. The molecule has 30 heavy (non-hydrogen) atoms. The molecule has 0 radical (unpaired) electrons. The lowest BCUT2D eigenvalue weighted by Crippen LogP contribution is -2.47. The average Bonchev–Trinajstić information content (AvgIpc) is 3.15. The average molecular weight is 425 g/mol. The van der Waals surface area contributed by atoms with Crippen LogP contribution in [-0.2, 0) is 38.6 Å². The molecule has 0 fully saturated rings. The second-order valence-electron chi connectivity index (χ2n) is 6.59. The first kappa shape index (κ1) is 21.6. The van der Waals surface area contributed by atoms with Crippen molar-refractivity contribution in [1.82, 2.24) is 4.90 Å². The van der Waals surface area contributed by atoms with E-state index in [9.17, 15) is 27.6 Å². The Morgan fingerprint density at radius 2 is 1.83 bits per heavy atom. The van der Waals surface area contributed by atoms with E-state index in [0.29, 0.717) is 5.76 Å². The van der Waals surface area contributed by atoms with E-state index in [1.54, 1.807) is 25.1 Å². The van der Waals surface area contributed by atoms with Gasteiger partial charge >= 0.3 is 24.1 Å². The Morgan fingerprint density at radius 3 is 2.50 bits per heavy atom. The van der Waals surface area contributed by atoms with E-state index in [4.69, 9.17) is 9.15 Å². The van der Waals surface area contributed by atoms with Crippen LogP contribution in [0.2, 0.25) is 0 Å². The molecule has 0 spiro atoms. The van der Waals surface area contributed by atoms with Crippen molar-refractivity contribution in [2.24, 2.45) is 0 Å². The van der Waals surface area contributed by atoms with Gasteiger partial charge in [-0.1, -0.05) is 24.3 Å². The highest BCUT2D eigenvalue weighted by Gasteiger charge is 2.44. The van der Waals surface area contributed by atoms with Crippen LogP contribution < -0.4 is 0 Å². The van der Waals surface area contributed by atoms with Crippen LogP contribution in [0.1, 0.15) is 34.4 Å². The fourth-order valence-corrected chi connectivity index (χ4v) is 3.17. The van der Waals surface area contributed by atoms with Gasteiger partial charge in [0.15, 0.2) is 0 Å². The minimum Gasteiger partial charge on any atom is -0.460 e. The Balaban J connectivity index is 1.81. The van der Waals surface area contributed by atoms with Gasteiger partial charge in [0.2, 0.25) is 5.76 Å². The minimum atomic E-state index is -5.28. The summed E-state index contributed by atoms with van der Waals surface area (Å²) in [5, 5.41) is 0. The zero-order valence-corrected chi connectivity index (χ0v) is 15.9. The van der Waals surface area contributed by atoms with Crippen molar-refractivity contribution in [3.8, 4) is 0 Å². The summed E-state index contributed by atoms with van der Waals surface area (Å²) in [6, 6.07) is 8.91. The van der Waals surface area contributed by atoms with Crippen LogP contribution in [0, 0.1) is 0 Å². The molecule has 0 saturated carbocycles. The predicted molar refractivity (Wildman–Crippen MR) is 95.0 cm³/mol. The molecular formula is C20H18F3NO6. The van der Waals surface area contributed by atoms with Gasteiger partial charge in [-0.25, -0.2) is 14.4 Å². The highest BCUT2D eigenvalue weighted by molar-refractivity contribution is 5.91. The monoisotopic (exact) mass is 425 g/mol. The molecule has 0 aliphatic carbocycles. The molecule has 1 aliphatic heterocycles. The number of ether oxygens (including phenoxy) is 2. The summed E-state index contributed by atoms with van der Waals surface area (Å²) >= 11 is 0. The Morgan fingerprint density at radius 1 is 1.13 bits per heavy atom. The van der Waals surface area contributed by atoms with Crippen LogP contribution in [0.3, 0.4) is 0 Å². The minimum absolute atomic E-state index is 0.00765. The number of carbonyl (C=O) groups is 3. The third-order valence-electron chi connectivity index (χ3n) is 4.54. The molecule has 0 N–H and O–H groups in total. The van der Waals surface area contributed by atoms with E-state index in [2.05, 4.69) is 4.74 Å². The third kappa shape index (κ3) is 4.88. The summed E-state index contributed by atoms with van der Waals surface area (Å²) in [4.78, 5) is 36.8. The van der Waals surface area contributed by atoms with E-state index < -0.39 is 30.1 Å². The number of hydrogen-bond acceptors (Lipinski definition) is 7. The van der Waals surface area contributed by atoms with E-state index in [1.807, 2.05) is 6.07 Å². The van der Waals surface area contributed by atoms with Gasteiger partial charge in [0.05, 0.1) is 13.2 Å². The number of hydrogen-bond donors (Lipinski definition) is 0. The van der Waals surface area contributed by atoms with Crippen molar-refractivity contribution in [2.45, 2.75) is 38.7 Å². The van der Waals surface area contributed by atoms with Gasteiger partial charge in [-0.3, -0.25) is 4.90 Å². The fourth-order valence-electron chi connectivity index (χ4n) is 3.17. The van der Waals surface area contributed by atoms with Crippen LogP contribution in [0.15, 0.2) is 40.8 Å². The lowest BCUT2D eigenvalue weighted by atomic mass is 9.94. The summed E-state index contributed by atoms with van der Waals surface area (Å²) < 4.78 is 51.9. The number of rotatable bonds is 5. The normalized spacial score (nSPS) is 16.6. The summed E-state index contributed by atoms with van der Waals surface area (Å²) in [6.45, 7) is 2.03. The molecule has 2 heterocycles. The fraction of sp³-hybridized carbons (Fsp3) is 0.350. The smallest absolute Gasteiger partial charge is 0.460 e. The van der Waals surface area contributed by atoms with Crippen molar-refractivity contribution in [3.05, 3.63) is 59.0 Å². The van der Waals surface area contributed by atoms with Crippen molar-refractivity contribution in [2.75, 3.05) is 6.61 Å². The zero-order chi connectivity index (χ0) is 21.9. The van der Waals surface area contributed by atoms with Crippen LogP contribution in [0.25, 0.3) is 0 Å². The molecule has 1 atom stereocenters. The number of carbonyl (C=O) groups excluding carboxylic acids is 3. The zero-order valence-electron chi connectivity index (χ0n) is 15.9. The van der Waals surface area contributed by atoms with E-state index in [0.717, 1.165) is 11.1 Å². The van der Waals surface area contributed by atoms with Crippen molar-refractivity contribution in [1.29, 1.82) is 0 Å². The maximum absolute atomic E-state index is 12.5. The van der Waals surface area contributed by atoms with Crippen LogP contribution >= 0.6 is 0 Å². The summed E-state index contributed by atoms with van der Waals surface area (Å²) in [5.41, 5.74) is 1.64. The second-order valence-corrected chi connectivity index (χ2v) is 6.59. The Hall–Kier alpha value is -3.14. The van der Waals surface area contributed by atoms with Crippen molar-refractivity contribution < 1.29 is 41.4 Å². The maximum atomic E-state index is 12.5. The maximum Gasteiger partial charge on any atom is 0.491 e. The predicted octanol–water partition coefficient (Wildman–Crippen LogP) is 3.02. The highest BCUT2D eigenvalue weighted by Crippen LogP contribution is 2.27. The largest absolute Gasteiger partial charge is 0.491 e. The number of nitrogens with zero attached hydrogens (tertiary/aromatic N) is 1. The first-order chi connectivity index (χ1) is 14.2. The molecule has 0 saturated heterocycles. The Bertz CT molecular complexity index is 952. The van der Waals surface area contributed by atoms with E-state index in [-0.39, 0.29) is 31.9 Å². The summed E-state index contributed by atoms with van der Waals surface area (Å²) in [7, 11) is 0. The van der Waals surface area contributed by atoms with Gasteiger partial charge in [-0.2, -0.15) is 13.2 Å². The lowest BCUT2D eigenvalue weighted by Gasteiger charge is -2.34. The number of alkyl halides is 3. The van der Waals surface area contributed by atoms with Crippen LogP contribution in [0.4, 0.5) is 13.2 Å². The molecule has 0 bridgehead atoms. The summed E-state index contributed by atoms with van der Waals surface area (Å²) in [6.07, 6.45) is -5.21. The molecule has 10 heteroatoms. The van der Waals surface area contributed by atoms with Gasteiger partial charge in [0.25, 0.3) is 0 Å². The van der Waals surface area contributed by atoms with Gasteiger partial charge in [0.1, 0.15) is 11.8 Å². The molecule has 3 rings (SSSR count). The third-order valence-corrected chi connectivity index (χ3v) is 4.54. The van der Waals surface area contributed by atoms with Crippen LogP contribution in [0.5, 0.6) is 0 Å². The standard InChI is InChI=1S/C20H18F3NO6/c1-2-28-18(26)16-8-7-14(29-16)11-24-10-13-6-4-3-5-12(13)9-15(24)17(25)30-19(27)20(21,22)23/h3-8,15H,2,9-11H2,1H3. The highest BCUT2D eigenvalue weighted by atomic mass is 19.4. The van der Waals surface area contributed by atoms with E-state index in [1.165, 1.54) is 17.0 Å². The van der Waals surface area contributed by atoms with Crippen molar-refractivity contribution in [3.63, 3.8) is 0 Å².